The van der Waals surface area contributed by atoms with Gasteiger partial charge in [0.15, 0.2) is 0 Å². The van der Waals surface area contributed by atoms with Crippen molar-refractivity contribution in [2.24, 2.45) is 0 Å². The Kier molecular flexibility index (Phi) is 3.93. The van der Waals surface area contributed by atoms with Gasteiger partial charge in [0.25, 0.3) is 0 Å². The summed E-state index contributed by atoms with van der Waals surface area (Å²) in [7, 11) is 0. The standard InChI is InChI=1S/C13H16FNO3/c1-9-7-15(4-5-18-9)8-10-2-3-12(14)11(6-10)13(16)17/h2-3,6,9H,4-5,7-8H2,1H3,(H,16,17). The highest BCUT2D eigenvalue weighted by molar-refractivity contribution is 5.88. The third-order valence-electron chi connectivity index (χ3n) is 2.99. The van der Waals surface area contributed by atoms with Gasteiger partial charge in [-0.25, -0.2) is 9.18 Å². The summed E-state index contributed by atoms with van der Waals surface area (Å²) in [6.07, 6.45) is 0.179. The zero-order valence-electron chi connectivity index (χ0n) is 10.2. The number of nitrogens with zero attached hydrogens (tertiary/aromatic N) is 1. The number of carboxylic acids is 1. The summed E-state index contributed by atoms with van der Waals surface area (Å²) in [5, 5.41) is 8.86. The summed E-state index contributed by atoms with van der Waals surface area (Å²) in [4.78, 5) is 13.0. The minimum Gasteiger partial charge on any atom is -0.478 e. The Hall–Kier alpha value is -1.46. The molecule has 1 aromatic carbocycles. The molecule has 18 heavy (non-hydrogen) atoms. The quantitative estimate of drug-likeness (QED) is 0.891. The first kappa shape index (κ1) is 13.0. The van der Waals surface area contributed by atoms with Crippen molar-refractivity contribution in [1.82, 2.24) is 4.90 Å². The fourth-order valence-corrected chi connectivity index (χ4v) is 2.13. The van der Waals surface area contributed by atoms with Crippen molar-refractivity contribution in [2.75, 3.05) is 19.7 Å². The first-order valence-corrected chi connectivity index (χ1v) is 5.92. The van der Waals surface area contributed by atoms with E-state index in [1.165, 1.54) is 12.1 Å². The number of aromatic carboxylic acids is 1. The molecule has 4 nitrogen and oxygen atoms in total. The number of halogens is 1. The number of ether oxygens (including phenoxy) is 1. The van der Waals surface area contributed by atoms with Gasteiger partial charge < -0.3 is 9.84 Å². The number of benzene rings is 1. The van der Waals surface area contributed by atoms with Gasteiger partial charge in [-0.1, -0.05) is 6.07 Å². The molecule has 0 amide bonds. The molecule has 5 heteroatoms. The molecule has 0 saturated carbocycles. The van der Waals surface area contributed by atoms with E-state index in [-0.39, 0.29) is 11.7 Å². The van der Waals surface area contributed by atoms with Gasteiger partial charge in [-0.05, 0) is 24.6 Å². The summed E-state index contributed by atoms with van der Waals surface area (Å²) in [5.41, 5.74) is 0.539. The van der Waals surface area contributed by atoms with Gasteiger partial charge in [0.05, 0.1) is 18.3 Å². The summed E-state index contributed by atoms with van der Waals surface area (Å²) in [6, 6.07) is 4.24. The SMILES string of the molecule is CC1CN(Cc2ccc(F)c(C(=O)O)c2)CCO1. The van der Waals surface area contributed by atoms with Crippen LogP contribution in [-0.2, 0) is 11.3 Å². The molecule has 1 unspecified atom stereocenters. The Morgan fingerprint density at radius 2 is 2.39 bits per heavy atom. The molecule has 0 aromatic heterocycles. The second-order valence-corrected chi connectivity index (χ2v) is 4.54. The third-order valence-corrected chi connectivity index (χ3v) is 2.99. The molecule has 1 N–H and O–H groups in total. The monoisotopic (exact) mass is 253 g/mol. The first-order valence-electron chi connectivity index (χ1n) is 5.92. The van der Waals surface area contributed by atoms with Crippen molar-refractivity contribution in [3.63, 3.8) is 0 Å². The van der Waals surface area contributed by atoms with Crippen LogP contribution in [0.1, 0.15) is 22.8 Å². The van der Waals surface area contributed by atoms with Crippen LogP contribution in [0.15, 0.2) is 18.2 Å². The van der Waals surface area contributed by atoms with E-state index in [0.717, 1.165) is 18.7 Å². The first-order chi connectivity index (χ1) is 8.56. The van der Waals surface area contributed by atoms with Crippen LogP contribution in [0.4, 0.5) is 4.39 Å². The molecule has 1 aliphatic heterocycles. The van der Waals surface area contributed by atoms with Crippen LogP contribution in [0.5, 0.6) is 0 Å². The highest BCUT2D eigenvalue weighted by Crippen LogP contribution is 2.14. The maximum atomic E-state index is 13.2. The number of carbonyl (C=O) groups is 1. The zero-order valence-corrected chi connectivity index (χ0v) is 10.2. The van der Waals surface area contributed by atoms with Crippen LogP contribution >= 0.6 is 0 Å². The minimum absolute atomic E-state index is 0.179. The van der Waals surface area contributed by atoms with Crippen LogP contribution in [-0.4, -0.2) is 41.8 Å². The molecule has 2 rings (SSSR count). The normalized spacial score (nSPS) is 20.9. The topological polar surface area (TPSA) is 49.8 Å². The highest BCUT2D eigenvalue weighted by Gasteiger charge is 2.18. The summed E-state index contributed by atoms with van der Waals surface area (Å²) in [5.74, 6) is -1.92. The number of hydrogen-bond acceptors (Lipinski definition) is 3. The Morgan fingerprint density at radius 1 is 1.61 bits per heavy atom. The Morgan fingerprint density at radius 3 is 3.06 bits per heavy atom. The smallest absolute Gasteiger partial charge is 0.338 e. The van der Waals surface area contributed by atoms with E-state index in [9.17, 15) is 9.18 Å². The van der Waals surface area contributed by atoms with Crippen LogP contribution in [0, 0.1) is 5.82 Å². The fraction of sp³-hybridized carbons (Fsp3) is 0.462. The number of hydrogen-bond donors (Lipinski definition) is 1. The van der Waals surface area contributed by atoms with Crippen molar-refractivity contribution in [3.05, 3.63) is 35.1 Å². The van der Waals surface area contributed by atoms with Gasteiger partial charge in [0.2, 0.25) is 0 Å². The van der Waals surface area contributed by atoms with Gasteiger partial charge in [-0.2, -0.15) is 0 Å². The lowest BCUT2D eigenvalue weighted by Gasteiger charge is -2.31. The number of rotatable bonds is 3. The van der Waals surface area contributed by atoms with Gasteiger partial charge in [-0.15, -0.1) is 0 Å². The van der Waals surface area contributed by atoms with Crippen LogP contribution in [0.3, 0.4) is 0 Å². The summed E-state index contributed by atoms with van der Waals surface area (Å²) in [6.45, 7) is 4.91. The largest absolute Gasteiger partial charge is 0.478 e. The molecule has 1 aromatic rings. The highest BCUT2D eigenvalue weighted by atomic mass is 19.1. The average molecular weight is 253 g/mol. The van der Waals surface area contributed by atoms with E-state index < -0.39 is 11.8 Å². The van der Waals surface area contributed by atoms with E-state index in [1.807, 2.05) is 6.92 Å². The van der Waals surface area contributed by atoms with Crippen molar-refractivity contribution in [1.29, 1.82) is 0 Å². The molecule has 1 atom stereocenters. The second-order valence-electron chi connectivity index (χ2n) is 4.54. The van der Waals surface area contributed by atoms with Gasteiger partial charge >= 0.3 is 5.97 Å². The third kappa shape index (κ3) is 3.05. The van der Waals surface area contributed by atoms with Crippen molar-refractivity contribution in [2.45, 2.75) is 19.6 Å². The van der Waals surface area contributed by atoms with Gasteiger partial charge in [0.1, 0.15) is 5.82 Å². The molecule has 0 spiro atoms. The van der Waals surface area contributed by atoms with Crippen molar-refractivity contribution in [3.8, 4) is 0 Å². The van der Waals surface area contributed by atoms with Crippen LogP contribution in [0.25, 0.3) is 0 Å². The van der Waals surface area contributed by atoms with Crippen molar-refractivity contribution >= 4 is 5.97 Å². The average Bonchev–Trinajstić information content (AvgIpc) is 2.31. The summed E-state index contributed by atoms with van der Waals surface area (Å²) >= 11 is 0. The molecular formula is C13H16FNO3. The fourth-order valence-electron chi connectivity index (χ4n) is 2.13. The predicted molar refractivity (Wildman–Crippen MR) is 64.1 cm³/mol. The van der Waals surface area contributed by atoms with E-state index in [1.54, 1.807) is 6.07 Å². The molecule has 1 fully saturated rings. The molecule has 0 radical (unpaired) electrons. The van der Waals surface area contributed by atoms with E-state index in [0.29, 0.717) is 13.2 Å². The molecule has 98 valence electrons. The molecule has 0 aliphatic carbocycles. The van der Waals surface area contributed by atoms with Crippen molar-refractivity contribution < 1.29 is 19.0 Å². The van der Waals surface area contributed by atoms with Crippen LogP contribution < -0.4 is 0 Å². The van der Waals surface area contributed by atoms with E-state index >= 15 is 0 Å². The Labute approximate surface area is 105 Å². The predicted octanol–water partition coefficient (Wildman–Crippen LogP) is 1.74. The lowest BCUT2D eigenvalue weighted by atomic mass is 10.1. The van der Waals surface area contributed by atoms with E-state index in [4.69, 9.17) is 9.84 Å². The number of morpholine rings is 1. The maximum Gasteiger partial charge on any atom is 0.338 e. The molecular weight excluding hydrogens is 237 g/mol. The second kappa shape index (κ2) is 5.46. The molecule has 1 saturated heterocycles. The van der Waals surface area contributed by atoms with E-state index in [2.05, 4.69) is 4.90 Å². The lowest BCUT2D eigenvalue weighted by molar-refractivity contribution is -0.0212. The zero-order chi connectivity index (χ0) is 13.1. The molecule has 0 bridgehead atoms. The number of carboxylic acid groups (broad SMARTS) is 1. The van der Waals surface area contributed by atoms with Crippen LogP contribution in [0.2, 0.25) is 0 Å². The molecule has 1 aliphatic rings. The summed E-state index contributed by atoms with van der Waals surface area (Å²) < 4.78 is 18.7. The Bertz CT molecular complexity index is 450. The minimum atomic E-state index is -1.23. The van der Waals surface area contributed by atoms with Gasteiger partial charge in [0, 0.05) is 19.6 Å². The molecule has 1 heterocycles. The lowest BCUT2D eigenvalue weighted by Crippen LogP contribution is -2.40. The Balaban J connectivity index is 2.09. The van der Waals surface area contributed by atoms with Gasteiger partial charge in [-0.3, -0.25) is 4.90 Å². The maximum absolute atomic E-state index is 13.2.